The number of hydrogen-bond donors (Lipinski definition) is 2. The van der Waals surface area contributed by atoms with Crippen LogP contribution in [0.5, 0.6) is 11.5 Å². The van der Waals surface area contributed by atoms with Gasteiger partial charge >= 0.3 is 0 Å². The van der Waals surface area contributed by atoms with E-state index in [4.69, 9.17) is 21.7 Å². The molecule has 2 rings (SSSR count). The van der Waals surface area contributed by atoms with Crippen LogP contribution in [0.25, 0.3) is 0 Å². The lowest BCUT2D eigenvalue weighted by Gasteiger charge is -2.05. The van der Waals surface area contributed by atoms with Gasteiger partial charge in [-0.05, 0) is 49.7 Å². The Kier molecular flexibility index (Phi) is 4.57. The summed E-state index contributed by atoms with van der Waals surface area (Å²) >= 11 is 4.95. The monoisotopic (exact) mass is 279 g/mol. The van der Waals surface area contributed by atoms with Crippen LogP contribution in [0, 0.1) is 0 Å². The van der Waals surface area contributed by atoms with Crippen molar-refractivity contribution in [1.29, 1.82) is 0 Å². The Hall–Kier alpha value is -1.82. The highest BCUT2D eigenvalue weighted by Crippen LogP contribution is 2.32. The molecule has 0 atom stereocenters. The van der Waals surface area contributed by atoms with Gasteiger partial charge in [-0.1, -0.05) is 6.07 Å². The first-order valence-corrected chi connectivity index (χ1v) is 6.49. The average molecular weight is 279 g/mol. The van der Waals surface area contributed by atoms with Crippen LogP contribution in [0.3, 0.4) is 0 Å². The van der Waals surface area contributed by atoms with Crippen molar-refractivity contribution in [2.24, 2.45) is 5.10 Å². The molecule has 0 aliphatic carbocycles. The average Bonchev–Trinajstić information content (AvgIpc) is 2.89. The molecule has 0 bridgehead atoms. The second-order valence-corrected chi connectivity index (χ2v) is 4.63. The molecule has 6 heteroatoms. The highest BCUT2D eigenvalue weighted by atomic mass is 32.1. The number of nitrogens with one attached hydrogen (secondary N) is 2. The molecular formula is C13H17N3O2S. The van der Waals surface area contributed by atoms with Crippen molar-refractivity contribution in [3.63, 3.8) is 0 Å². The fraction of sp³-hybridized carbons (Fsp3) is 0.385. The van der Waals surface area contributed by atoms with Gasteiger partial charge < -0.3 is 14.8 Å². The third-order valence-corrected chi connectivity index (χ3v) is 3.08. The van der Waals surface area contributed by atoms with Gasteiger partial charge in [0.1, 0.15) is 0 Å². The molecule has 0 fully saturated rings. The summed E-state index contributed by atoms with van der Waals surface area (Å²) < 4.78 is 10.6. The Morgan fingerprint density at radius 1 is 1.37 bits per heavy atom. The van der Waals surface area contributed by atoms with Crippen molar-refractivity contribution >= 4 is 23.0 Å². The third-order valence-electron chi connectivity index (χ3n) is 2.79. The summed E-state index contributed by atoms with van der Waals surface area (Å²) in [5, 5.41) is 7.51. The van der Waals surface area contributed by atoms with Crippen LogP contribution in [0.15, 0.2) is 23.3 Å². The SMILES string of the molecule is CNC(=S)N/N=C(\C)CCc1ccc2c(c1)OCO2. The summed E-state index contributed by atoms with van der Waals surface area (Å²) in [5.41, 5.74) is 4.97. The van der Waals surface area contributed by atoms with Gasteiger partial charge in [0.25, 0.3) is 0 Å². The van der Waals surface area contributed by atoms with E-state index in [0.717, 1.165) is 30.1 Å². The Labute approximate surface area is 118 Å². The molecule has 0 aromatic heterocycles. The third kappa shape index (κ3) is 3.82. The van der Waals surface area contributed by atoms with Gasteiger partial charge in [-0.2, -0.15) is 5.10 Å². The molecule has 0 saturated carbocycles. The Morgan fingerprint density at radius 3 is 2.95 bits per heavy atom. The molecule has 19 heavy (non-hydrogen) atoms. The van der Waals surface area contributed by atoms with E-state index < -0.39 is 0 Å². The Bertz CT molecular complexity index is 503. The van der Waals surface area contributed by atoms with E-state index in [0.29, 0.717) is 11.9 Å². The molecule has 1 aromatic rings. The molecule has 102 valence electrons. The summed E-state index contributed by atoms with van der Waals surface area (Å²) in [4.78, 5) is 0. The summed E-state index contributed by atoms with van der Waals surface area (Å²) in [5.74, 6) is 1.64. The quantitative estimate of drug-likeness (QED) is 0.500. The largest absolute Gasteiger partial charge is 0.454 e. The van der Waals surface area contributed by atoms with Crippen molar-refractivity contribution in [3.8, 4) is 11.5 Å². The van der Waals surface area contributed by atoms with Crippen LogP contribution in [0.4, 0.5) is 0 Å². The highest BCUT2D eigenvalue weighted by Gasteiger charge is 2.12. The zero-order valence-electron chi connectivity index (χ0n) is 11.0. The van der Waals surface area contributed by atoms with Crippen molar-refractivity contribution < 1.29 is 9.47 Å². The topological polar surface area (TPSA) is 54.9 Å². The summed E-state index contributed by atoms with van der Waals surface area (Å²) in [7, 11) is 1.76. The lowest BCUT2D eigenvalue weighted by atomic mass is 10.1. The fourth-order valence-corrected chi connectivity index (χ4v) is 1.73. The van der Waals surface area contributed by atoms with Crippen LogP contribution in [0.1, 0.15) is 18.9 Å². The van der Waals surface area contributed by atoms with Gasteiger partial charge in [0, 0.05) is 12.8 Å². The Balaban J connectivity index is 1.86. The van der Waals surface area contributed by atoms with E-state index in [2.05, 4.69) is 15.8 Å². The number of fused-ring (bicyclic) bond motifs is 1. The van der Waals surface area contributed by atoms with Crippen LogP contribution in [-0.4, -0.2) is 24.7 Å². The molecular weight excluding hydrogens is 262 g/mol. The van der Waals surface area contributed by atoms with Crippen LogP contribution in [0.2, 0.25) is 0 Å². The molecule has 0 unspecified atom stereocenters. The van der Waals surface area contributed by atoms with Crippen LogP contribution < -0.4 is 20.2 Å². The first kappa shape index (κ1) is 13.6. The van der Waals surface area contributed by atoms with Crippen molar-refractivity contribution in [3.05, 3.63) is 23.8 Å². The van der Waals surface area contributed by atoms with Crippen molar-refractivity contribution in [2.75, 3.05) is 13.8 Å². The molecule has 2 N–H and O–H groups in total. The number of benzene rings is 1. The first-order valence-electron chi connectivity index (χ1n) is 6.08. The smallest absolute Gasteiger partial charge is 0.231 e. The molecule has 0 spiro atoms. The maximum atomic E-state index is 5.35. The molecule has 0 saturated heterocycles. The number of rotatable bonds is 4. The molecule has 1 heterocycles. The number of ether oxygens (including phenoxy) is 2. The van der Waals surface area contributed by atoms with E-state index in [-0.39, 0.29) is 0 Å². The molecule has 0 amide bonds. The van der Waals surface area contributed by atoms with E-state index in [9.17, 15) is 0 Å². The van der Waals surface area contributed by atoms with Crippen molar-refractivity contribution in [2.45, 2.75) is 19.8 Å². The highest BCUT2D eigenvalue weighted by molar-refractivity contribution is 7.80. The van der Waals surface area contributed by atoms with Crippen LogP contribution in [-0.2, 0) is 6.42 Å². The maximum absolute atomic E-state index is 5.35. The molecule has 1 aliphatic rings. The number of hydrogen-bond acceptors (Lipinski definition) is 4. The summed E-state index contributed by atoms with van der Waals surface area (Å²) in [6, 6.07) is 6.01. The lowest BCUT2D eigenvalue weighted by Crippen LogP contribution is -2.29. The standard InChI is InChI=1S/C13H17N3O2S/c1-9(15-16-13(19)14-2)3-4-10-5-6-11-12(7-10)18-8-17-11/h5-7H,3-4,8H2,1-2H3,(H2,14,16,19)/b15-9+. The Morgan fingerprint density at radius 2 is 2.16 bits per heavy atom. The minimum absolute atomic E-state index is 0.310. The fourth-order valence-electron chi connectivity index (χ4n) is 1.68. The lowest BCUT2D eigenvalue weighted by molar-refractivity contribution is 0.174. The normalized spacial score (nSPS) is 13.3. The second kappa shape index (κ2) is 6.38. The van der Waals surface area contributed by atoms with E-state index in [1.54, 1.807) is 7.05 Å². The first-order chi connectivity index (χ1) is 9.19. The van der Waals surface area contributed by atoms with Gasteiger partial charge in [0.15, 0.2) is 16.6 Å². The van der Waals surface area contributed by atoms with Gasteiger partial charge in [-0.3, -0.25) is 5.43 Å². The van der Waals surface area contributed by atoms with Gasteiger partial charge in [-0.25, -0.2) is 0 Å². The molecule has 1 aliphatic heterocycles. The van der Waals surface area contributed by atoms with Crippen molar-refractivity contribution in [1.82, 2.24) is 10.7 Å². The maximum Gasteiger partial charge on any atom is 0.231 e. The molecule has 5 nitrogen and oxygen atoms in total. The number of aryl methyl sites for hydroxylation is 1. The minimum Gasteiger partial charge on any atom is -0.454 e. The van der Waals surface area contributed by atoms with Gasteiger partial charge in [0.2, 0.25) is 6.79 Å². The number of thiocarbonyl (C=S) groups is 1. The zero-order chi connectivity index (χ0) is 13.7. The van der Waals surface area contributed by atoms with E-state index >= 15 is 0 Å². The minimum atomic E-state index is 0.310. The van der Waals surface area contributed by atoms with Gasteiger partial charge in [0.05, 0.1) is 0 Å². The second-order valence-electron chi connectivity index (χ2n) is 4.23. The number of nitrogens with zero attached hydrogens (tertiary/aromatic N) is 1. The zero-order valence-corrected chi connectivity index (χ0v) is 11.8. The van der Waals surface area contributed by atoms with E-state index in [1.807, 2.05) is 25.1 Å². The predicted molar refractivity (Wildman–Crippen MR) is 78.8 cm³/mol. The number of hydrazone groups is 1. The van der Waals surface area contributed by atoms with Gasteiger partial charge in [-0.15, -0.1) is 0 Å². The predicted octanol–water partition coefficient (Wildman–Crippen LogP) is 1.82. The van der Waals surface area contributed by atoms with E-state index in [1.165, 1.54) is 5.56 Å². The van der Waals surface area contributed by atoms with Crippen LogP contribution >= 0.6 is 12.2 Å². The molecule has 1 aromatic carbocycles. The summed E-state index contributed by atoms with van der Waals surface area (Å²) in [6.07, 6.45) is 1.76. The molecule has 0 radical (unpaired) electrons. The summed E-state index contributed by atoms with van der Waals surface area (Å²) in [6.45, 7) is 2.28.